The van der Waals surface area contributed by atoms with Crippen molar-refractivity contribution >= 4 is 17.9 Å². The molecule has 2 fully saturated rings. The van der Waals surface area contributed by atoms with E-state index >= 15 is 0 Å². The summed E-state index contributed by atoms with van der Waals surface area (Å²) < 4.78 is 5.50. The van der Waals surface area contributed by atoms with E-state index in [2.05, 4.69) is 46.7 Å². The van der Waals surface area contributed by atoms with E-state index in [4.69, 9.17) is 4.74 Å². The van der Waals surface area contributed by atoms with Gasteiger partial charge in [-0.1, -0.05) is 42.0 Å². The number of ether oxygens (including phenoxy) is 1. The minimum absolute atomic E-state index is 0.0361. The SMILES string of the molecule is Cc1ccc(C(CNC(=O)/C=C/c2ccc(C(=O)NC3CC3)cc2)N2CCOCC2)cc1. The molecule has 1 saturated heterocycles. The second kappa shape index (κ2) is 10.6. The second-order valence-corrected chi connectivity index (χ2v) is 8.52. The van der Waals surface area contributed by atoms with E-state index in [1.807, 2.05) is 12.1 Å². The lowest BCUT2D eigenvalue weighted by Gasteiger charge is -2.35. The number of aryl methyl sites for hydroxylation is 1. The predicted molar refractivity (Wildman–Crippen MR) is 125 cm³/mol. The average Bonchev–Trinajstić information content (AvgIpc) is 3.64. The third-order valence-electron chi connectivity index (χ3n) is 5.93. The average molecular weight is 434 g/mol. The Labute approximate surface area is 189 Å². The van der Waals surface area contributed by atoms with Crippen LogP contribution < -0.4 is 10.6 Å². The minimum atomic E-state index is -0.133. The molecule has 1 aliphatic heterocycles. The summed E-state index contributed by atoms with van der Waals surface area (Å²) in [6, 6.07) is 16.2. The van der Waals surface area contributed by atoms with E-state index in [1.54, 1.807) is 24.3 Å². The van der Waals surface area contributed by atoms with Gasteiger partial charge in [0.15, 0.2) is 0 Å². The van der Waals surface area contributed by atoms with Crippen LogP contribution in [0.3, 0.4) is 0 Å². The topological polar surface area (TPSA) is 70.7 Å². The molecule has 2 N–H and O–H groups in total. The zero-order valence-corrected chi connectivity index (χ0v) is 18.5. The highest BCUT2D eigenvalue weighted by Crippen LogP contribution is 2.22. The van der Waals surface area contributed by atoms with Crippen molar-refractivity contribution in [2.75, 3.05) is 32.8 Å². The van der Waals surface area contributed by atoms with Crippen LogP contribution in [0.15, 0.2) is 54.6 Å². The molecule has 0 bridgehead atoms. The van der Waals surface area contributed by atoms with Crippen molar-refractivity contribution in [3.8, 4) is 0 Å². The Morgan fingerprint density at radius 1 is 1.06 bits per heavy atom. The van der Waals surface area contributed by atoms with Gasteiger partial charge in [-0.25, -0.2) is 0 Å². The molecule has 1 unspecified atom stereocenters. The van der Waals surface area contributed by atoms with Crippen LogP contribution in [0.25, 0.3) is 6.08 Å². The van der Waals surface area contributed by atoms with Crippen molar-refractivity contribution in [2.45, 2.75) is 31.8 Å². The maximum atomic E-state index is 12.5. The normalized spacial score (nSPS) is 17.8. The van der Waals surface area contributed by atoms with Crippen molar-refractivity contribution in [2.24, 2.45) is 0 Å². The summed E-state index contributed by atoms with van der Waals surface area (Å²) in [5.41, 5.74) is 3.94. The Hall–Kier alpha value is -2.96. The van der Waals surface area contributed by atoms with E-state index in [1.165, 1.54) is 11.1 Å². The Morgan fingerprint density at radius 3 is 2.41 bits per heavy atom. The molecule has 1 atom stereocenters. The molecule has 0 aromatic heterocycles. The fourth-order valence-corrected chi connectivity index (χ4v) is 3.81. The largest absolute Gasteiger partial charge is 0.379 e. The molecule has 1 saturated carbocycles. The molecule has 6 heteroatoms. The molecule has 1 heterocycles. The first-order chi connectivity index (χ1) is 15.6. The van der Waals surface area contributed by atoms with Gasteiger partial charge in [0.1, 0.15) is 0 Å². The van der Waals surface area contributed by atoms with Crippen molar-refractivity contribution < 1.29 is 14.3 Å². The van der Waals surface area contributed by atoms with Crippen LogP contribution in [0.1, 0.15) is 45.9 Å². The number of nitrogens with one attached hydrogen (secondary N) is 2. The molecule has 2 amide bonds. The van der Waals surface area contributed by atoms with Crippen molar-refractivity contribution in [3.05, 3.63) is 76.9 Å². The fourth-order valence-electron chi connectivity index (χ4n) is 3.81. The summed E-state index contributed by atoms with van der Waals surface area (Å²) in [6.45, 7) is 5.74. The van der Waals surface area contributed by atoms with E-state index in [0.29, 0.717) is 31.4 Å². The van der Waals surface area contributed by atoms with Crippen molar-refractivity contribution in [3.63, 3.8) is 0 Å². The molecule has 6 nitrogen and oxygen atoms in total. The molecule has 0 radical (unpaired) electrons. The first-order valence-electron chi connectivity index (χ1n) is 11.3. The van der Waals surface area contributed by atoms with E-state index in [0.717, 1.165) is 31.5 Å². The number of hydrogen-bond acceptors (Lipinski definition) is 4. The van der Waals surface area contributed by atoms with E-state index in [9.17, 15) is 9.59 Å². The molecule has 168 valence electrons. The van der Waals surface area contributed by atoms with Gasteiger partial charge in [-0.15, -0.1) is 0 Å². The van der Waals surface area contributed by atoms with Crippen LogP contribution in [0.4, 0.5) is 0 Å². The second-order valence-electron chi connectivity index (χ2n) is 8.52. The van der Waals surface area contributed by atoms with Gasteiger partial charge in [0.2, 0.25) is 5.91 Å². The smallest absolute Gasteiger partial charge is 0.251 e. The van der Waals surface area contributed by atoms with Crippen LogP contribution in [-0.2, 0) is 9.53 Å². The van der Waals surface area contributed by atoms with Gasteiger partial charge >= 0.3 is 0 Å². The Balaban J connectivity index is 1.33. The van der Waals surface area contributed by atoms with Gasteiger partial charge in [-0.3, -0.25) is 14.5 Å². The first-order valence-corrected chi connectivity index (χ1v) is 11.3. The molecular formula is C26H31N3O3. The highest BCUT2D eigenvalue weighted by atomic mass is 16.5. The van der Waals surface area contributed by atoms with Crippen LogP contribution in [0.5, 0.6) is 0 Å². The molecule has 2 aliphatic rings. The number of hydrogen-bond donors (Lipinski definition) is 2. The predicted octanol–water partition coefficient (Wildman–Crippen LogP) is 3.09. The molecular weight excluding hydrogens is 402 g/mol. The summed E-state index contributed by atoms with van der Waals surface area (Å²) in [5, 5.41) is 6.03. The highest BCUT2D eigenvalue weighted by Gasteiger charge is 2.24. The van der Waals surface area contributed by atoms with Gasteiger partial charge in [0.25, 0.3) is 5.91 Å². The molecule has 1 aliphatic carbocycles. The van der Waals surface area contributed by atoms with Gasteiger partial charge in [-0.05, 0) is 49.1 Å². The Kier molecular flexibility index (Phi) is 7.35. The number of nitrogens with zero attached hydrogens (tertiary/aromatic N) is 1. The molecule has 4 rings (SSSR count). The maximum Gasteiger partial charge on any atom is 0.251 e. The van der Waals surface area contributed by atoms with E-state index in [-0.39, 0.29) is 17.9 Å². The number of carbonyl (C=O) groups excluding carboxylic acids is 2. The zero-order chi connectivity index (χ0) is 22.3. The molecule has 0 spiro atoms. The zero-order valence-electron chi connectivity index (χ0n) is 18.5. The van der Waals surface area contributed by atoms with Gasteiger partial charge < -0.3 is 15.4 Å². The number of carbonyl (C=O) groups is 2. The van der Waals surface area contributed by atoms with Gasteiger partial charge in [0.05, 0.1) is 19.3 Å². The third-order valence-corrected chi connectivity index (χ3v) is 5.93. The Bertz CT molecular complexity index is 943. The third kappa shape index (κ3) is 6.28. The number of amides is 2. The summed E-state index contributed by atoms with van der Waals surface area (Å²) in [7, 11) is 0. The van der Waals surface area contributed by atoms with E-state index < -0.39 is 0 Å². The monoisotopic (exact) mass is 433 g/mol. The number of benzene rings is 2. The summed E-state index contributed by atoms with van der Waals surface area (Å²) in [5.74, 6) is -0.169. The van der Waals surface area contributed by atoms with Crippen LogP contribution >= 0.6 is 0 Å². The quantitative estimate of drug-likeness (QED) is 0.628. The van der Waals surface area contributed by atoms with Crippen LogP contribution in [0, 0.1) is 6.92 Å². The first kappa shape index (κ1) is 22.2. The molecule has 2 aromatic rings. The molecule has 2 aromatic carbocycles. The lowest BCUT2D eigenvalue weighted by molar-refractivity contribution is -0.116. The Morgan fingerprint density at radius 2 is 1.75 bits per heavy atom. The van der Waals surface area contributed by atoms with Gasteiger partial charge in [-0.2, -0.15) is 0 Å². The van der Waals surface area contributed by atoms with Crippen molar-refractivity contribution in [1.29, 1.82) is 0 Å². The summed E-state index contributed by atoms with van der Waals surface area (Å²) in [4.78, 5) is 26.9. The highest BCUT2D eigenvalue weighted by molar-refractivity contribution is 5.95. The lowest BCUT2D eigenvalue weighted by Crippen LogP contribution is -2.43. The van der Waals surface area contributed by atoms with Gasteiger partial charge in [0, 0.05) is 37.3 Å². The number of rotatable bonds is 8. The van der Waals surface area contributed by atoms with Crippen molar-refractivity contribution in [1.82, 2.24) is 15.5 Å². The fraction of sp³-hybridized carbons (Fsp3) is 0.385. The minimum Gasteiger partial charge on any atom is -0.379 e. The molecule has 32 heavy (non-hydrogen) atoms. The summed E-state index contributed by atoms with van der Waals surface area (Å²) in [6.07, 6.45) is 5.45. The maximum absolute atomic E-state index is 12.5. The standard InChI is InChI=1S/C26H31N3O3/c1-19-2-7-21(8-3-19)24(29-14-16-32-17-15-29)18-27-25(30)13-6-20-4-9-22(10-5-20)26(31)28-23-11-12-23/h2-10,13,23-24H,11-12,14-18H2,1H3,(H,27,30)(H,28,31)/b13-6+. The lowest BCUT2D eigenvalue weighted by atomic mass is 10.0. The van der Waals surface area contributed by atoms with Crippen LogP contribution in [0.2, 0.25) is 0 Å². The summed E-state index contributed by atoms with van der Waals surface area (Å²) >= 11 is 0. The van der Waals surface area contributed by atoms with Crippen LogP contribution in [-0.4, -0.2) is 55.6 Å². The number of morpholine rings is 1.